The predicted octanol–water partition coefficient (Wildman–Crippen LogP) is 1.78. The lowest BCUT2D eigenvalue weighted by atomic mass is 9.82. The van der Waals surface area contributed by atoms with Gasteiger partial charge in [0.05, 0.1) is 11.4 Å². The first-order valence-electron chi connectivity index (χ1n) is 5.69. The Bertz CT molecular complexity index is 350. The smallest absolute Gasteiger partial charge is 0.147 e. The first-order valence-corrected chi connectivity index (χ1v) is 5.69. The van der Waals surface area contributed by atoms with Crippen molar-refractivity contribution in [3.63, 3.8) is 0 Å². The van der Waals surface area contributed by atoms with E-state index in [1.807, 2.05) is 11.7 Å². The fraction of sp³-hybridized carbons (Fsp3) is 0.727. The third-order valence-corrected chi connectivity index (χ3v) is 3.21. The Morgan fingerprint density at radius 2 is 2.20 bits per heavy atom. The summed E-state index contributed by atoms with van der Waals surface area (Å²) in [6.45, 7) is 4.36. The first kappa shape index (κ1) is 10.3. The molecule has 0 aliphatic heterocycles. The Morgan fingerprint density at radius 3 is 2.67 bits per heavy atom. The molecule has 84 valence electrons. The van der Waals surface area contributed by atoms with Crippen molar-refractivity contribution in [1.29, 1.82) is 0 Å². The van der Waals surface area contributed by atoms with Crippen LogP contribution in [0.5, 0.6) is 0 Å². The summed E-state index contributed by atoms with van der Waals surface area (Å²) in [5.74, 6) is 1.84. The van der Waals surface area contributed by atoms with Crippen LogP contribution in [0.3, 0.4) is 0 Å². The monoisotopic (exact) mass is 208 g/mol. The van der Waals surface area contributed by atoms with Crippen LogP contribution in [-0.4, -0.2) is 15.8 Å². The van der Waals surface area contributed by atoms with Gasteiger partial charge in [0.15, 0.2) is 0 Å². The Kier molecular flexibility index (Phi) is 2.59. The SMILES string of the molecule is CCc1nn(C)c(NC2CC(C)C2)c1N. The normalized spacial score (nSPS) is 25.0. The number of aromatic nitrogens is 2. The highest BCUT2D eigenvalue weighted by Crippen LogP contribution is 2.32. The molecule has 2 rings (SSSR count). The second-order valence-corrected chi connectivity index (χ2v) is 4.60. The van der Waals surface area contributed by atoms with Crippen molar-refractivity contribution in [2.75, 3.05) is 11.1 Å². The molecule has 0 aromatic carbocycles. The molecule has 1 fully saturated rings. The van der Waals surface area contributed by atoms with Gasteiger partial charge in [-0.15, -0.1) is 0 Å². The Morgan fingerprint density at radius 1 is 1.53 bits per heavy atom. The molecule has 0 radical (unpaired) electrons. The van der Waals surface area contributed by atoms with Gasteiger partial charge in [0, 0.05) is 13.1 Å². The van der Waals surface area contributed by atoms with E-state index in [0.717, 1.165) is 29.5 Å². The van der Waals surface area contributed by atoms with Crippen molar-refractivity contribution in [3.8, 4) is 0 Å². The molecule has 0 amide bonds. The van der Waals surface area contributed by atoms with Crippen LogP contribution < -0.4 is 11.1 Å². The van der Waals surface area contributed by atoms with Crippen molar-refractivity contribution < 1.29 is 0 Å². The summed E-state index contributed by atoms with van der Waals surface area (Å²) >= 11 is 0. The van der Waals surface area contributed by atoms with Gasteiger partial charge in [-0.25, -0.2) is 0 Å². The second-order valence-electron chi connectivity index (χ2n) is 4.60. The van der Waals surface area contributed by atoms with Crippen molar-refractivity contribution in [2.45, 2.75) is 39.2 Å². The molecule has 0 atom stereocenters. The number of hydrogen-bond acceptors (Lipinski definition) is 3. The van der Waals surface area contributed by atoms with E-state index < -0.39 is 0 Å². The number of nitrogens with zero attached hydrogens (tertiary/aromatic N) is 2. The fourth-order valence-corrected chi connectivity index (χ4v) is 2.24. The number of aryl methyl sites for hydroxylation is 2. The summed E-state index contributed by atoms with van der Waals surface area (Å²) in [6.07, 6.45) is 3.38. The lowest BCUT2D eigenvalue weighted by molar-refractivity contribution is 0.308. The van der Waals surface area contributed by atoms with E-state index in [1.54, 1.807) is 0 Å². The average molecular weight is 208 g/mol. The maximum absolute atomic E-state index is 6.03. The molecule has 15 heavy (non-hydrogen) atoms. The molecule has 3 N–H and O–H groups in total. The van der Waals surface area contributed by atoms with E-state index in [-0.39, 0.29) is 0 Å². The van der Waals surface area contributed by atoms with Gasteiger partial charge >= 0.3 is 0 Å². The van der Waals surface area contributed by atoms with E-state index in [1.165, 1.54) is 12.8 Å². The van der Waals surface area contributed by atoms with Crippen LogP contribution in [0.25, 0.3) is 0 Å². The number of anilines is 2. The minimum absolute atomic E-state index is 0.586. The van der Waals surface area contributed by atoms with Crippen LogP contribution in [0.2, 0.25) is 0 Å². The van der Waals surface area contributed by atoms with Crippen molar-refractivity contribution >= 4 is 11.5 Å². The highest BCUT2D eigenvalue weighted by Gasteiger charge is 2.26. The maximum atomic E-state index is 6.03. The summed E-state index contributed by atoms with van der Waals surface area (Å²) in [6, 6.07) is 0.586. The van der Waals surface area contributed by atoms with Gasteiger partial charge in [-0.2, -0.15) is 5.10 Å². The van der Waals surface area contributed by atoms with Gasteiger partial charge in [0.25, 0.3) is 0 Å². The number of hydrogen-bond donors (Lipinski definition) is 2. The maximum Gasteiger partial charge on any atom is 0.147 e. The van der Waals surface area contributed by atoms with Crippen LogP contribution in [0.15, 0.2) is 0 Å². The van der Waals surface area contributed by atoms with Crippen LogP contribution in [0.4, 0.5) is 11.5 Å². The minimum atomic E-state index is 0.586. The van der Waals surface area contributed by atoms with Gasteiger partial charge in [-0.3, -0.25) is 4.68 Å². The van der Waals surface area contributed by atoms with Gasteiger partial charge in [-0.05, 0) is 25.2 Å². The zero-order valence-corrected chi connectivity index (χ0v) is 9.75. The Balaban J connectivity index is 2.10. The quantitative estimate of drug-likeness (QED) is 0.796. The zero-order valence-electron chi connectivity index (χ0n) is 9.75. The van der Waals surface area contributed by atoms with Crippen LogP contribution in [-0.2, 0) is 13.5 Å². The van der Waals surface area contributed by atoms with Crippen LogP contribution >= 0.6 is 0 Å². The molecule has 0 bridgehead atoms. The number of nitrogen functional groups attached to an aromatic ring is 1. The molecule has 4 heteroatoms. The Hall–Kier alpha value is -1.19. The van der Waals surface area contributed by atoms with Crippen molar-refractivity contribution in [2.24, 2.45) is 13.0 Å². The van der Waals surface area contributed by atoms with Gasteiger partial charge in [0.1, 0.15) is 5.82 Å². The molecule has 0 unspecified atom stereocenters. The highest BCUT2D eigenvalue weighted by atomic mass is 15.3. The molecular weight excluding hydrogens is 188 g/mol. The van der Waals surface area contributed by atoms with Gasteiger partial charge in [-0.1, -0.05) is 13.8 Å². The summed E-state index contributed by atoms with van der Waals surface area (Å²) in [7, 11) is 1.94. The topological polar surface area (TPSA) is 55.9 Å². The van der Waals surface area contributed by atoms with Gasteiger partial charge in [0.2, 0.25) is 0 Å². The first-order chi connectivity index (χ1) is 7.11. The standard InChI is InChI=1S/C11H20N4/c1-4-9-10(12)11(15(3)14-9)13-8-5-7(2)6-8/h7-8,13H,4-6,12H2,1-3H3. The second kappa shape index (κ2) is 3.76. The number of nitrogens with one attached hydrogen (secondary N) is 1. The third kappa shape index (κ3) is 1.80. The van der Waals surface area contributed by atoms with E-state index in [9.17, 15) is 0 Å². The molecule has 1 aliphatic carbocycles. The van der Waals surface area contributed by atoms with Crippen molar-refractivity contribution in [1.82, 2.24) is 9.78 Å². The summed E-state index contributed by atoms with van der Waals surface area (Å²) < 4.78 is 1.86. The molecular formula is C11H20N4. The number of nitrogens with two attached hydrogens (primary N) is 1. The molecule has 1 aromatic rings. The molecule has 1 heterocycles. The summed E-state index contributed by atoms with van der Waals surface area (Å²) in [5, 5.41) is 7.86. The van der Waals surface area contributed by atoms with Crippen molar-refractivity contribution in [3.05, 3.63) is 5.69 Å². The highest BCUT2D eigenvalue weighted by molar-refractivity contribution is 5.65. The minimum Gasteiger partial charge on any atom is -0.394 e. The van der Waals surface area contributed by atoms with Crippen LogP contribution in [0.1, 0.15) is 32.4 Å². The fourth-order valence-electron chi connectivity index (χ4n) is 2.24. The number of rotatable bonds is 3. The molecule has 1 aromatic heterocycles. The predicted molar refractivity (Wildman–Crippen MR) is 62.8 cm³/mol. The lowest BCUT2D eigenvalue weighted by Gasteiger charge is -2.34. The molecule has 1 saturated carbocycles. The zero-order chi connectivity index (χ0) is 11.0. The molecule has 0 saturated heterocycles. The van der Waals surface area contributed by atoms with E-state index >= 15 is 0 Å². The average Bonchev–Trinajstić information content (AvgIpc) is 2.42. The molecule has 1 aliphatic rings. The van der Waals surface area contributed by atoms with E-state index in [4.69, 9.17) is 5.73 Å². The largest absolute Gasteiger partial charge is 0.394 e. The lowest BCUT2D eigenvalue weighted by Crippen LogP contribution is -2.34. The Labute approximate surface area is 90.8 Å². The summed E-state index contributed by atoms with van der Waals surface area (Å²) in [4.78, 5) is 0. The third-order valence-electron chi connectivity index (χ3n) is 3.21. The summed E-state index contributed by atoms with van der Waals surface area (Å²) in [5.41, 5.74) is 7.84. The van der Waals surface area contributed by atoms with Crippen LogP contribution in [0, 0.1) is 5.92 Å². The molecule has 0 spiro atoms. The molecule has 4 nitrogen and oxygen atoms in total. The van der Waals surface area contributed by atoms with Gasteiger partial charge < -0.3 is 11.1 Å². The van der Waals surface area contributed by atoms with E-state index in [2.05, 4.69) is 24.3 Å². The van der Waals surface area contributed by atoms with E-state index in [0.29, 0.717) is 6.04 Å².